The van der Waals surface area contributed by atoms with Gasteiger partial charge in [0.05, 0.1) is 5.54 Å². The molecule has 2 fully saturated rings. The summed E-state index contributed by atoms with van der Waals surface area (Å²) in [7, 11) is 1.83. The minimum Gasteiger partial charge on any atom is -0.444 e. The van der Waals surface area contributed by atoms with Crippen molar-refractivity contribution in [3.05, 3.63) is 12.7 Å². The van der Waals surface area contributed by atoms with Crippen LogP contribution in [0.1, 0.15) is 52.9 Å². The second-order valence-corrected chi connectivity index (χ2v) is 8.63. The summed E-state index contributed by atoms with van der Waals surface area (Å²) in [6.07, 6.45) is 4.99. The predicted octanol–water partition coefficient (Wildman–Crippen LogP) is 2.32. The SMILES string of the molecule is C=CC(=O)N1CCC(C(=O)N(C)C2(CNC(=O)OC(C)(C)C)CCC2)CC1. The highest BCUT2D eigenvalue weighted by Crippen LogP contribution is 2.38. The van der Waals surface area contributed by atoms with Crippen LogP contribution in [0, 0.1) is 5.92 Å². The number of nitrogens with one attached hydrogen (secondary N) is 1. The zero-order valence-corrected chi connectivity index (χ0v) is 17.0. The highest BCUT2D eigenvalue weighted by Gasteiger charge is 2.45. The molecular weight excluding hydrogens is 346 g/mol. The van der Waals surface area contributed by atoms with E-state index in [0.29, 0.717) is 32.5 Å². The van der Waals surface area contributed by atoms with Crippen molar-refractivity contribution in [3.63, 3.8) is 0 Å². The lowest BCUT2D eigenvalue weighted by molar-refractivity contribution is -0.146. The Morgan fingerprint density at radius 1 is 1.26 bits per heavy atom. The van der Waals surface area contributed by atoms with Gasteiger partial charge in [0.15, 0.2) is 0 Å². The van der Waals surface area contributed by atoms with E-state index in [-0.39, 0.29) is 23.3 Å². The van der Waals surface area contributed by atoms with Gasteiger partial charge in [-0.2, -0.15) is 0 Å². The number of alkyl carbamates (subject to hydrolysis) is 1. The first-order valence-electron chi connectivity index (χ1n) is 9.74. The van der Waals surface area contributed by atoms with Crippen LogP contribution in [0.15, 0.2) is 12.7 Å². The van der Waals surface area contributed by atoms with Crippen molar-refractivity contribution in [2.45, 2.75) is 64.0 Å². The fraction of sp³-hybridized carbons (Fsp3) is 0.750. The molecule has 0 aromatic heterocycles. The van der Waals surface area contributed by atoms with Crippen molar-refractivity contribution >= 4 is 17.9 Å². The van der Waals surface area contributed by atoms with Gasteiger partial charge in [0.1, 0.15) is 5.60 Å². The molecular formula is C20H33N3O4. The molecule has 3 amide bonds. The normalized spacial score (nSPS) is 19.6. The van der Waals surface area contributed by atoms with Gasteiger partial charge in [0.25, 0.3) is 0 Å². The Bertz CT molecular complexity index is 585. The molecule has 0 spiro atoms. The molecule has 7 heteroatoms. The minimum absolute atomic E-state index is 0.0775. The number of carbonyl (C=O) groups excluding carboxylic acids is 3. The Hall–Kier alpha value is -2.05. The van der Waals surface area contributed by atoms with Crippen molar-refractivity contribution < 1.29 is 19.1 Å². The number of likely N-dealkylation sites (tertiary alicyclic amines) is 1. The molecule has 0 aromatic rings. The van der Waals surface area contributed by atoms with Crippen LogP contribution >= 0.6 is 0 Å². The summed E-state index contributed by atoms with van der Waals surface area (Å²) < 4.78 is 5.30. The lowest BCUT2D eigenvalue weighted by Gasteiger charge is -2.50. The number of carbonyl (C=O) groups is 3. The molecule has 0 unspecified atom stereocenters. The van der Waals surface area contributed by atoms with Gasteiger partial charge < -0.3 is 19.9 Å². The number of rotatable bonds is 5. The summed E-state index contributed by atoms with van der Waals surface area (Å²) in [5, 5.41) is 2.83. The zero-order chi connectivity index (χ0) is 20.2. The number of ether oxygens (including phenoxy) is 1. The van der Waals surface area contributed by atoms with Crippen LogP contribution in [0.3, 0.4) is 0 Å². The van der Waals surface area contributed by atoms with E-state index in [1.54, 1.807) is 4.90 Å². The molecule has 0 aromatic carbocycles. The number of amides is 3. The Morgan fingerprint density at radius 3 is 2.30 bits per heavy atom. The van der Waals surface area contributed by atoms with E-state index < -0.39 is 11.7 Å². The van der Waals surface area contributed by atoms with Gasteiger partial charge >= 0.3 is 6.09 Å². The predicted molar refractivity (Wildman–Crippen MR) is 103 cm³/mol. The Kier molecular flexibility index (Phi) is 6.54. The average molecular weight is 380 g/mol. The fourth-order valence-electron chi connectivity index (χ4n) is 3.75. The van der Waals surface area contributed by atoms with Gasteiger partial charge in [0, 0.05) is 32.6 Å². The van der Waals surface area contributed by atoms with Gasteiger partial charge in [-0.3, -0.25) is 9.59 Å². The molecule has 1 saturated heterocycles. The summed E-state index contributed by atoms with van der Waals surface area (Å²) in [6.45, 7) is 10.6. The summed E-state index contributed by atoms with van der Waals surface area (Å²) >= 11 is 0. The van der Waals surface area contributed by atoms with Crippen LogP contribution in [0.2, 0.25) is 0 Å². The molecule has 0 radical (unpaired) electrons. The van der Waals surface area contributed by atoms with E-state index in [1.165, 1.54) is 6.08 Å². The van der Waals surface area contributed by atoms with Gasteiger partial charge in [0.2, 0.25) is 11.8 Å². The van der Waals surface area contributed by atoms with E-state index in [2.05, 4.69) is 11.9 Å². The van der Waals surface area contributed by atoms with E-state index in [0.717, 1.165) is 19.3 Å². The minimum atomic E-state index is -0.546. The highest BCUT2D eigenvalue weighted by molar-refractivity contribution is 5.87. The van der Waals surface area contributed by atoms with Crippen LogP contribution in [0.25, 0.3) is 0 Å². The maximum atomic E-state index is 13.0. The smallest absolute Gasteiger partial charge is 0.407 e. The van der Waals surface area contributed by atoms with Crippen LogP contribution in [0.5, 0.6) is 0 Å². The second kappa shape index (κ2) is 8.31. The molecule has 0 bridgehead atoms. The monoisotopic (exact) mass is 379 g/mol. The average Bonchev–Trinajstić information content (AvgIpc) is 2.57. The van der Waals surface area contributed by atoms with E-state index >= 15 is 0 Å². The summed E-state index contributed by atoms with van der Waals surface area (Å²) in [6, 6.07) is 0. The maximum Gasteiger partial charge on any atom is 0.407 e. The van der Waals surface area contributed by atoms with Crippen molar-refractivity contribution in [2.24, 2.45) is 5.92 Å². The topological polar surface area (TPSA) is 79.0 Å². The van der Waals surface area contributed by atoms with Crippen molar-refractivity contribution in [3.8, 4) is 0 Å². The third-order valence-corrected chi connectivity index (χ3v) is 5.62. The number of piperidine rings is 1. The number of likely N-dealkylation sites (N-methyl/N-ethyl adjacent to an activating group) is 1. The second-order valence-electron chi connectivity index (χ2n) is 8.63. The van der Waals surface area contributed by atoms with Gasteiger partial charge in [-0.05, 0) is 59.0 Å². The molecule has 27 heavy (non-hydrogen) atoms. The number of hydrogen-bond donors (Lipinski definition) is 1. The summed E-state index contributed by atoms with van der Waals surface area (Å²) in [5.41, 5.74) is -0.877. The number of nitrogens with zero attached hydrogens (tertiary/aromatic N) is 2. The Balaban J connectivity index is 1.91. The lowest BCUT2D eigenvalue weighted by Crippen LogP contribution is -2.62. The summed E-state index contributed by atoms with van der Waals surface area (Å²) in [4.78, 5) is 40.3. The first-order chi connectivity index (χ1) is 12.6. The van der Waals surface area contributed by atoms with Crippen molar-refractivity contribution in [1.29, 1.82) is 0 Å². The molecule has 2 rings (SSSR count). The third-order valence-electron chi connectivity index (χ3n) is 5.62. The molecule has 1 saturated carbocycles. The quantitative estimate of drug-likeness (QED) is 0.744. The van der Waals surface area contributed by atoms with Crippen molar-refractivity contribution in [1.82, 2.24) is 15.1 Å². The third kappa shape index (κ3) is 5.23. The standard InChI is InChI=1S/C20H33N3O4/c1-6-16(24)23-12-8-15(9-13-23)17(25)22(5)20(10-7-11-20)14-21-18(26)27-19(2,3)4/h6,15H,1,7-14H2,2-5H3,(H,21,26). The molecule has 7 nitrogen and oxygen atoms in total. The highest BCUT2D eigenvalue weighted by atomic mass is 16.6. The first-order valence-corrected chi connectivity index (χ1v) is 9.74. The largest absolute Gasteiger partial charge is 0.444 e. The molecule has 1 aliphatic heterocycles. The van der Waals surface area contributed by atoms with Gasteiger partial charge in [-0.25, -0.2) is 4.79 Å². The molecule has 1 heterocycles. The maximum absolute atomic E-state index is 13.0. The van der Waals surface area contributed by atoms with Crippen molar-refractivity contribution in [2.75, 3.05) is 26.7 Å². The Labute approximate surface area is 162 Å². The lowest BCUT2D eigenvalue weighted by atomic mass is 9.74. The molecule has 1 aliphatic carbocycles. The molecule has 0 atom stereocenters. The Morgan fingerprint density at radius 2 is 1.85 bits per heavy atom. The molecule has 2 aliphatic rings. The van der Waals surface area contributed by atoms with Crippen LogP contribution in [-0.4, -0.2) is 65.5 Å². The van der Waals surface area contributed by atoms with E-state index in [9.17, 15) is 14.4 Å². The number of hydrogen-bond acceptors (Lipinski definition) is 4. The summed E-state index contributed by atoms with van der Waals surface area (Å²) in [5.74, 6) is -0.0551. The molecule has 1 N–H and O–H groups in total. The molecule has 152 valence electrons. The first kappa shape index (κ1) is 21.3. The zero-order valence-electron chi connectivity index (χ0n) is 17.0. The van der Waals surface area contributed by atoms with E-state index in [4.69, 9.17) is 4.74 Å². The van der Waals surface area contributed by atoms with Crippen LogP contribution in [0.4, 0.5) is 4.79 Å². The van der Waals surface area contributed by atoms with Crippen LogP contribution < -0.4 is 5.32 Å². The van der Waals surface area contributed by atoms with Gasteiger partial charge in [-0.1, -0.05) is 6.58 Å². The fourth-order valence-corrected chi connectivity index (χ4v) is 3.75. The van der Waals surface area contributed by atoms with Gasteiger partial charge in [-0.15, -0.1) is 0 Å². The van der Waals surface area contributed by atoms with Crippen LogP contribution in [-0.2, 0) is 14.3 Å². The van der Waals surface area contributed by atoms with E-state index in [1.807, 2.05) is 32.7 Å².